The third-order valence-electron chi connectivity index (χ3n) is 3.24. The van der Waals surface area contributed by atoms with Crippen molar-refractivity contribution in [1.82, 2.24) is 4.57 Å². The topological polar surface area (TPSA) is 31.2 Å². The Morgan fingerprint density at radius 1 is 0.952 bits per heavy atom. The van der Waals surface area contributed by atoms with E-state index in [2.05, 4.69) is 0 Å². The summed E-state index contributed by atoms with van der Waals surface area (Å²) in [6.45, 7) is 0.555. The molecule has 0 aliphatic rings. The van der Waals surface area contributed by atoms with E-state index < -0.39 is 0 Å². The summed E-state index contributed by atoms with van der Waals surface area (Å²) in [7, 11) is 0. The zero-order chi connectivity index (χ0) is 14.5. The number of rotatable bonds is 5. The van der Waals surface area contributed by atoms with Crippen molar-refractivity contribution >= 4 is 6.29 Å². The molecular weight excluding hydrogens is 262 g/mol. The summed E-state index contributed by atoms with van der Waals surface area (Å²) in [5, 5.41) is 0. The van der Waals surface area contributed by atoms with E-state index in [1.54, 1.807) is 12.3 Å². The molecule has 104 valence electrons. The Labute approximate surface area is 123 Å². The highest BCUT2D eigenvalue weighted by molar-refractivity contribution is 5.74. The molecule has 0 saturated heterocycles. The molecule has 3 aromatic rings. The second kappa shape index (κ2) is 6.09. The van der Waals surface area contributed by atoms with E-state index in [1.807, 2.05) is 65.4 Å². The van der Waals surface area contributed by atoms with Gasteiger partial charge in [-0.05, 0) is 35.9 Å². The molecule has 0 atom stereocenters. The van der Waals surface area contributed by atoms with Gasteiger partial charge >= 0.3 is 0 Å². The minimum Gasteiger partial charge on any atom is -0.489 e. The predicted octanol–water partition coefficient (Wildman–Crippen LogP) is 3.87. The van der Waals surface area contributed by atoms with Crippen LogP contribution in [-0.4, -0.2) is 10.9 Å². The number of hydrogen-bond donors (Lipinski definition) is 0. The van der Waals surface area contributed by atoms with E-state index >= 15 is 0 Å². The molecule has 0 N–H and O–H groups in total. The molecule has 0 radical (unpaired) electrons. The van der Waals surface area contributed by atoms with Crippen molar-refractivity contribution in [2.45, 2.75) is 6.61 Å². The molecule has 0 fully saturated rings. The molecule has 0 bridgehead atoms. The molecule has 1 aromatic heterocycles. The zero-order valence-corrected chi connectivity index (χ0v) is 11.5. The fourth-order valence-electron chi connectivity index (χ4n) is 2.10. The predicted molar refractivity (Wildman–Crippen MR) is 81.9 cm³/mol. The van der Waals surface area contributed by atoms with Gasteiger partial charge in [0.15, 0.2) is 6.29 Å². The summed E-state index contributed by atoms with van der Waals surface area (Å²) < 4.78 is 7.65. The van der Waals surface area contributed by atoms with Crippen molar-refractivity contribution in [3.05, 3.63) is 84.2 Å². The molecular formula is C18H15NO2. The van der Waals surface area contributed by atoms with E-state index in [9.17, 15) is 4.79 Å². The van der Waals surface area contributed by atoms with Gasteiger partial charge in [0.2, 0.25) is 0 Å². The van der Waals surface area contributed by atoms with Crippen LogP contribution in [0.15, 0.2) is 73.1 Å². The lowest BCUT2D eigenvalue weighted by Crippen LogP contribution is -1.95. The van der Waals surface area contributed by atoms with E-state index in [-0.39, 0.29) is 0 Å². The number of carbonyl (C=O) groups is 1. The molecule has 1 heterocycles. The summed E-state index contributed by atoms with van der Waals surface area (Å²) in [5.74, 6) is 0.824. The van der Waals surface area contributed by atoms with Crippen molar-refractivity contribution in [1.29, 1.82) is 0 Å². The molecule has 2 aromatic carbocycles. The first-order valence-electron chi connectivity index (χ1n) is 6.75. The highest BCUT2D eigenvalue weighted by Gasteiger charge is 2.00. The zero-order valence-electron chi connectivity index (χ0n) is 11.5. The van der Waals surface area contributed by atoms with Crippen LogP contribution in [0.2, 0.25) is 0 Å². The fraction of sp³-hybridized carbons (Fsp3) is 0.0556. The lowest BCUT2D eigenvalue weighted by atomic mass is 10.2. The van der Waals surface area contributed by atoms with Gasteiger partial charge in [-0.15, -0.1) is 0 Å². The molecule has 0 unspecified atom stereocenters. The van der Waals surface area contributed by atoms with Crippen LogP contribution in [0, 0.1) is 0 Å². The second-order valence-corrected chi connectivity index (χ2v) is 4.74. The van der Waals surface area contributed by atoms with E-state index in [0.29, 0.717) is 12.2 Å². The van der Waals surface area contributed by atoms with Gasteiger partial charge in [-0.2, -0.15) is 0 Å². The van der Waals surface area contributed by atoms with Crippen LogP contribution in [0.5, 0.6) is 5.75 Å². The highest BCUT2D eigenvalue weighted by Crippen LogP contribution is 2.17. The average molecular weight is 277 g/mol. The van der Waals surface area contributed by atoms with Gasteiger partial charge in [0.1, 0.15) is 12.4 Å². The fourth-order valence-corrected chi connectivity index (χ4v) is 2.10. The Morgan fingerprint density at radius 3 is 2.38 bits per heavy atom. The molecule has 0 saturated carbocycles. The van der Waals surface area contributed by atoms with E-state index in [4.69, 9.17) is 4.74 Å². The van der Waals surface area contributed by atoms with E-state index in [0.717, 1.165) is 23.3 Å². The normalized spacial score (nSPS) is 10.3. The van der Waals surface area contributed by atoms with Crippen molar-refractivity contribution in [3.63, 3.8) is 0 Å². The Hall–Kier alpha value is -2.81. The third-order valence-corrected chi connectivity index (χ3v) is 3.24. The summed E-state index contributed by atoms with van der Waals surface area (Å²) in [4.78, 5) is 10.7. The lowest BCUT2D eigenvalue weighted by Gasteiger charge is -2.08. The maximum absolute atomic E-state index is 10.7. The minimum atomic E-state index is 0.555. The Kier molecular flexibility index (Phi) is 3.83. The molecule has 3 rings (SSSR count). The van der Waals surface area contributed by atoms with Crippen molar-refractivity contribution in [3.8, 4) is 11.4 Å². The van der Waals surface area contributed by atoms with Crippen LogP contribution in [0.4, 0.5) is 0 Å². The standard InChI is InChI=1S/C18H15NO2/c20-13-16-10-11-19(12-16)17-6-8-18(9-7-17)21-14-15-4-2-1-3-5-15/h1-13H,14H2. The molecule has 21 heavy (non-hydrogen) atoms. The number of aldehydes is 1. The van der Waals surface area contributed by atoms with Gasteiger partial charge in [-0.25, -0.2) is 0 Å². The van der Waals surface area contributed by atoms with Crippen molar-refractivity contribution < 1.29 is 9.53 Å². The SMILES string of the molecule is O=Cc1ccn(-c2ccc(OCc3ccccc3)cc2)c1. The largest absolute Gasteiger partial charge is 0.489 e. The maximum Gasteiger partial charge on any atom is 0.151 e. The van der Waals surface area contributed by atoms with Gasteiger partial charge in [0, 0.05) is 23.6 Å². The third kappa shape index (κ3) is 3.20. The van der Waals surface area contributed by atoms with Crippen molar-refractivity contribution in [2.75, 3.05) is 0 Å². The Balaban J connectivity index is 1.68. The van der Waals surface area contributed by atoms with Crippen LogP contribution in [-0.2, 0) is 6.61 Å². The quantitative estimate of drug-likeness (QED) is 0.663. The Bertz CT molecular complexity index is 714. The smallest absolute Gasteiger partial charge is 0.151 e. The summed E-state index contributed by atoms with van der Waals surface area (Å²) in [6.07, 6.45) is 4.50. The number of hydrogen-bond acceptors (Lipinski definition) is 2. The lowest BCUT2D eigenvalue weighted by molar-refractivity contribution is 0.112. The molecule has 0 amide bonds. The number of benzene rings is 2. The second-order valence-electron chi connectivity index (χ2n) is 4.74. The van der Waals surface area contributed by atoms with Crippen LogP contribution in [0.3, 0.4) is 0 Å². The number of ether oxygens (including phenoxy) is 1. The summed E-state index contributed by atoms with van der Waals surface area (Å²) in [6, 6.07) is 19.6. The summed E-state index contributed by atoms with van der Waals surface area (Å²) >= 11 is 0. The summed E-state index contributed by atoms with van der Waals surface area (Å²) in [5.41, 5.74) is 2.80. The molecule has 0 spiro atoms. The average Bonchev–Trinajstić information content (AvgIpc) is 3.03. The van der Waals surface area contributed by atoms with Crippen LogP contribution in [0.1, 0.15) is 15.9 Å². The van der Waals surface area contributed by atoms with Gasteiger partial charge in [0.25, 0.3) is 0 Å². The van der Waals surface area contributed by atoms with Crippen LogP contribution < -0.4 is 4.74 Å². The number of nitrogens with zero attached hydrogens (tertiary/aromatic N) is 1. The Morgan fingerprint density at radius 2 is 1.71 bits per heavy atom. The van der Waals surface area contributed by atoms with Crippen LogP contribution >= 0.6 is 0 Å². The van der Waals surface area contributed by atoms with Crippen LogP contribution in [0.25, 0.3) is 5.69 Å². The molecule has 3 nitrogen and oxygen atoms in total. The highest BCUT2D eigenvalue weighted by atomic mass is 16.5. The van der Waals surface area contributed by atoms with E-state index in [1.165, 1.54) is 0 Å². The van der Waals surface area contributed by atoms with Crippen molar-refractivity contribution in [2.24, 2.45) is 0 Å². The first-order valence-corrected chi connectivity index (χ1v) is 6.75. The molecule has 0 aliphatic carbocycles. The van der Waals surface area contributed by atoms with Gasteiger partial charge in [-0.1, -0.05) is 30.3 Å². The monoisotopic (exact) mass is 277 g/mol. The number of carbonyl (C=O) groups excluding carboxylic acids is 1. The first kappa shape index (κ1) is 13.2. The van der Waals surface area contributed by atoms with Gasteiger partial charge in [-0.3, -0.25) is 4.79 Å². The first-order chi connectivity index (χ1) is 10.3. The van der Waals surface area contributed by atoms with Gasteiger partial charge < -0.3 is 9.30 Å². The number of aromatic nitrogens is 1. The molecule has 3 heteroatoms. The maximum atomic E-state index is 10.7. The minimum absolute atomic E-state index is 0.555. The van der Waals surface area contributed by atoms with Gasteiger partial charge in [0.05, 0.1) is 0 Å². The molecule has 0 aliphatic heterocycles.